The Labute approximate surface area is 87.5 Å². The summed E-state index contributed by atoms with van der Waals surface area (Å²) in [5, 5.41) is -0.417. The van der Waals surface area contributed by atoms with Crippen molar-refractivity contribution in [2.75, 3.05) is 0 Å². The molecule has 1 aromatic rings. The Balaban J connectivity index is 2.25. The highest BCUT2D eigenvalue weighted by Gasteiger charge is 2.48. The first kappa shape index (κ1) is 10.1. The molecular weight excluding hydrogens is 224 g/mol. The van der Waals surface area contributed by atoms with Gasteiger partial charge in [-0.15, -0.1) is 0 Å². The van der Waals surface area contributed by atoms with E-state index in [1.54, 1.807) is 0 Å². The lowest BCUT2D eigenvalue weighted by Gasteiger charge is -1.94. The Morgan fingerprint density at radius 3 is 2.50 bits per heavy atom. The molecule has 2 rings (SSSR count). The van der Waals surface area contributed by atoms with Gasteiger partial charge in [0, 0.05) is 16.6 Å². The fourth-order valence-corrected chi connectivity index (χ4v) is 3.40. The van der Waals surface area contributed by atoms with Crippen molar-refractivity contribution in [2.24, 2.45) is 0 Å². The van der Waals surface area contributed by atoms with Gasteiger partial charge < -0.3 is 4.42 Å². The van der Waals surface area contributed by atoms with Gasteiger partial charge in [-0.1, -0.05) is 0 Å². The lowest BCUT2D eigenvalue weighted by Crippen LogP contribution is -1.99. The smallest absolute Gasteiger partial charge is 0.236 e. The van der Waals surface area contributed by atoms with Crippen LogP contribution in [-0.4, -0.2) is 13.7 Å². The number of aryl methyl sites for hydroxylation is 2. The third kappa shape index (κ3) is 1.68. The third-order valence-corrected chi connectivity index (χ3v) is 4.50. The van der Waals surface area contributed by atoms with Crippen LogP contribution in [0, 0.1) is 13.8 Å². The topological polar surface area (TPSA) is 47.3 Å². The summed E-state index contributed by atoms with van der Waals surface area (Å²) in [7, 11) is 1.87. The molecule has 14 heavy (non-hydrogen) atoms. The average Bonchev–Trinajstić information content (AvgIpc) is 2.72. The molecule has 1 aliphatic carbocycles. The van der Waals surface area contributed by atoms with E-state index in [0.717, 1.165) is 17.1 Å². The van der Waals surface area contributed by atoms with Crippen LogP contribution >= 0.6 is 10.7 Å². The fraction of sp³-hybridized carbons (Fsp3) is 0.556. The summed E-state index contributed by atoms with van der Waals surface area (Å²) in [6.07, 6.45) is 0.617. The van der Waals surface area contributed by atoms with Gasteiger partial charge in [0.05, 0.1) is 5.25 Å². The van der Waals surface area contributed by atoms with E-state index in [1.807, 2.05) is 19.9 Å². The Kier molecular flexibility index (Phi) is 2.16. The summed E-state index contributed by atoms with van der Waals surface area (Å²) < 4.78 is 27.4. The van der Waals surface area contributed by atoms with Crippen molar-refractivity contribution in [3.63, 3.8) is 0 Å². The van der Waals surface area contributed by atoms with Crippen LogP contribution < -0.4 is 0 Å². The molecule has 0 aliphatic heterocycles. The molecule has 0 N–H and O–H groups in total. The second-order valence-electron chi connectivity index (χ2n) is 3.72. The van der Waals surface area contributed by atoms with E-state index in [1.165, 1.54) is 0 Å². The zero-order valence-corrected chi connectivity index (χ0v) is 9.52. The van der Waals surface area contributed by atoms with E-state index in [9.17, 15) is 8.42 Å². The van der Waals surface area contributed by atoms with Gasteiger partial charge in [-0.25, -0.2) is 8.42 Å². The summed E-state index contributed by atoms with van der Waals surface area (Å²) in [6, 6.07) is 1.89. The molecule has 78 valence electrons. The SMILES string of the molecule is Cc1cc([C@@H]2C[C@H]2S(=O)(=O)Cl)c(C)o1. The van der Waals surface area contributed by atoms with E-state index in [4.69, 9.17) is 15.1 Å². The Bertz CT molecular complexity index is 460. The molecule has 0 saturated heterocycles. The average molecular weight is 235 g/mol. The van der Waals surface area contributed by atoms with Crippen molar-refractivity contribution in [1.82, 2.24) is 0 Å². The number of halogens is 1. The lowest BCUT2D eigenvalue weighted by molar-refractivity contribution is 0.501. The van der Waals surface area contributed by atoms with Crippen LogP contribution in [0.2, 0.25) is 0 Å². The minimum Gasteiger partial charge on any atom is -0.466 e. The first-order valence-electron chi connectivity index (χ1n) is 4.40. The van der Waals surface area contributed by atoms with Crippen molar-refractivity contribution >= 4 is 19.7 Å². The van der Waals surface area contributed by atoms with Gasteiger partial charge in [-0.2, -0.15) is 0 Å². The van der Waals surface area contributed by atoms with Crippen LogP contribution in [0.5, 0.6) is 0 Å². The molecule has 1 fully saturated rings. The first-order valence-corrected chi connectivity index (χ1v) is 6.77. The van der Waals surface area contributed by atoms with E-state index in [-0.39, 0.29) is 5.92 Å². The summed E-state index contributed by atoms with van der Waals surface area (Å²) in [5.41, 5.74) is 0.983. The van der Waals surface area contributed by atoms with Gasteiger partial charge in [0.1, 0.15) is 11.5 Å². The molecule has 1 saturated carbocycles. The zero-order chi connectivity index (χ0) is 10.5. The Morgan fingerprint density at radius 2 is 2.14 bits per heavy atom. The predicted molar refractivity (Wildman–Crippen MR) is 54.1 cm³/mol. The normalized spacial score (nSPS) is 26.5. The number of rotatable bonds is 2. The van der Waals surface area contributed by atoms with Crippen LogP contribution in [-0.2, 0) is 9.05 Å². The summed E-state index contributed by atoms with van der Waals surface area (Å²) in [6.45, 7) is 3.70. The van der Waals surface area contributed by atoms with Crippen LogP contribution in [0.4, 0.5) is 0 Å². The maximum atomic E-state index is 11.0. The van der Waals surface area contributed by atoms with E-state index in [0.29, 0.717) is 6.42 Å². The van der Waals surface area contributed by atoms with Crippen LogP contribution in [0.3, 0.4) is 0 Å². The highest BCUT2D eigenvalue weighted by Crippen LogP contribution is 2.48. The second kappa shape index (κ2) is 3.00. The van der Waals surface area contributed by atoms with Gasteiger partial charge in [0.2, 0.25) is 9.05 Å². The Morgan fingerprint density at radius 1 is 1.50 bits per heavy atom. The molecule has 0 bridgehead atoms. The summed E-state index contributed by atoms with van der Waals surface area (Å²) in [5.74, 6) is 1.65. The van der Waals surface area contributed by atoms with Crippen LogP contribution in [0.25, 0.3) is 0 Å². The molecule has 2 atom stereocenters. The minimum atomic E-state index is -3.40. The van der Waals surface area contributed by atoms with Crippen molar-refractivity contribution in [2.45, 2.75) is 31.4 Å². The predicted octanol–water partition coefficient (Wildman–Crippen LogP) is 2.32. The van der Waals surface area contributed by atoms with Crippen LogP contribution in [0.1, 0.15) is 29.4 Å². The minimum absolute atomic E-state index is 0.0370. The number of hydrogen-bond donors (Lipinski definition) is 0. The number of hydrogen-bond acceptors (Lipinski definition) is 3. The summed E-state index contributed by atoms with van der Waals surface area (Å²) in [4.78, 5) is 0. The van der Waals surface area contributed by atoms with Crippen molar-refractivity contribution in [3.05, 3.63) is 23.2 Å². The van der Waals surface area contributed by atoms with Gasteiger partial charge in [-0.3, -0.25) is 0 Å². The molecule has 0 aromatic carbocycles. The molecular formula is C9H11ClO3S. The molecule has 0 spiro atoms. The molecule has 0 unspecified atom stereocenters. The van der Waals surface area contributed by atoms with Crippen molar-refractivity contribution in [1.29, 1.82) is 0 Å². The van der Waals surface area contributed by atoms with Gasteiger partial charge >= 0.3 is 0 Å². The standard InChI is InChI=1S/C9H11ClO3S/c1-5-3-7(6(2)13-5)8-4-9(8)14(10,11)12/h3,8-9H,4H2,1-2H3/t8-,9+/m0/s1. The van der Waals surface area contributed by atoms with Gasteiger partial charge in [0.25, 0.3) is 0 Å². The maximum Gasteiger partial charge on any atom is 0.236 e. The molecule has 0 radical (unpaired) electrons. The highest BCUT2D eigenvalue weighted by atomic mass is 35.7. The lowest BCUT2D eigenvalue weighted by atomic mass is 10.1. The third-order valence-electron chi connectivity index (χ3n) is 2.57. The van der Waals surface area contributed by atoms with Gasteiger partial charge in [-0.05, 0) is 31.9 Å². The molecule has 5 heteroatoms. The van der Waals surface area contributed by atoms with E-state index < -0.39 is 14.3 Å². The number of furan rings is 1. The molecule has 1 heterocycles. The van der Waals surface area contributed by atoms with Crippen molar-refractivity contribution in [3.8, 4) is 0 Å². The monoisotopic (exact) mass is 234 g/mol. The maximum absolute atomic E-state index is 11.0. The largest absolute Gasteiger partial charge is 0.466 e. The fourth-order valence-electron chi connectivity index (χ4n) is 1.83. The summed E-state index contributed by atoms with van der Waals surface area (Å²) >= 11 is 0. The van der Waals surface area contributed by atoms with Crippen molar-refractivity contribution < 1.29 is 12.8 Å². The quantitative estimate of drug-likeness (QED) is 0.738. The highest BCUT2D eigenvalue weighted by molar-refractivity contribution is 8.14. The molecule has 1 aliphatic rings. The molecule has 0 amide bonds. The second-order valence-corrected chi connectivity index (χ2v) is 6.57. The van der Waals surface area contributed by atoms with Crippen LogP contribution in [0.15, 0.2) is 10.5 Å². The first-order chi connectivity index (χ1) is 6.39. The molecule has 1 aromatic heterocycles. The zero-order valence-electron chi connectivity index (χ0n) is 7.95. The van der Waals surface area contributed by atoms with E-state index >= 15 is 0 Å². The van der Waals surface area contributed by atoms with E-state index in [2.05, 4.69) is 0 Å². The van der Waals surface area contributed by atoms with Gasteiger partial charge in [0.15, 0.2) is 0 Å². The molecule has 3 nitrogen and oxygen atoms in total. The Hall–Kier alpha value is -0.480.